The maximum absolute atomic E-state index is 14.5. The number of rotatable bonds is 2. The summed E-state index contributed by atoms with van der Waals surface area (Å²) < 4.78 is 14.5. The average molecular weight is 223 g/mol. The van der Waals surface area contributed by atoms with E-state index in [1.807, 2.05) is 11.9 Å². The minimum absolute atomic E-state index is 0.234. The Bertz CT molecular complexity index is 351. The molecule has 0 saturated carbocycles. The van der Waals surface area contributed by atoms with Gasteiger partial charge in [-0.3, -0.25) is 0 Å². The van der Waals surface area contributed by atoms with Gasteiger partial charge in [0.15, 0.2) is 0 Å². The molecule has 0 aromatic heterocycles. The first-order chi connectivity index (χ1) is 7.57. The Hall–Kier alpha value is -1.09. The van der Waals surface area contributed by atoms with Crippen molar-refractivity contribution in [3.05, 3.63) is 29.8 Å². The van der Waals surface area contributed by atoms with Crippen molar-refractivity contribution < 1.29 is 9.50 Å². The molecule has 2 rings (SSSR count). The van der Waals surface area contributed by atoms with Crippen LogP contribution in [0, 0.1) is 0 Å². The van der Waals surface area contributed by atoms with Gasteiger partial charge in [-0.2, -0.15) is 0 Å². The van der Waals surface area contributed by atoms with Crippen LogP contribution in [0.5, 0.6) is 5.75 Å². The molecule has 1 aliphatic rings. The van der Waals surface area contributed by atoms with Crippen molar-refractivity contribution in [1.82, 2.24) is 4.90 Å². The van der Waals surface area contributed by atoms with Crippen LogP contribution < -0.4 is 0 Å². The Balaban J connectivity index is 2.05. The van der Waals surface area contributed by atoms with Crippen molar-refractivity contribution in [3.63, 3.8) is 0 Å². The molecule has 1 aromatic carbocycles. The molecule has 1 aromatic rings. The highest BCUT2D eigenvalue weighted by Crippen LogP contribution is 2.28. The van der Waals surface area contributed by atoms with E-state index in [9.17, 15) is 4.39 Å². The van der Waals surface area contributed by atoms with Gasteiger partial charge in [-0.25, -0.2) is 4.39 Å². The summed E-state index contributed by atoms with van der Waals surface area (Å²) in [7, 11) is 1.96. The Kier molecular flexibility index (Phi) is 3.15. The van der Waals surface area contributed by atoms with Crippen LogP contribution in [0.25, 0.3) is 0 Å². The summed E-state index contributed by atoms with van der Waals surface area (Å²) in [4.78, 5) is 2.05. The van der Waals surface area contributed by atoms with Crippen molar-refractivity contribution in [2.75, 3.05) is 20.1 Å². The fourth-order valence-corrected chi connectivity index (χ4v) is 2.43. The first kappa shape index (κ1) is 11.4. The number of hydrogen-bond donors (Lipinski definition) is 1. The van der Waals surface area contributed by atoms with Crippen LogP contribution >= 0.6 is 0 Å². The lowest BCUT2D eigenvalue weighted by Crippen LogP contribution is -2.44. The second-order valence-corrected chi connectivity index (χ2v) is 4.84. The van der Waals surface area contributed by atoms with E-state index in [4.69, 9.17) is 5.11 Å². The third kappa shape index (κ3) is 2.73. The van der Waals surface area contributed by atoms with Crippen LogP contribution in [0.3, 0.4) is 0 Å². The maximum Gasteiger partial charge on any atom is 0.127 e. The quantitative estimate of drug-likeness (QED) is 0.832. The summed E-state index contributed by atoms with van der Waals surface area (Å²) >= 11 is 0. The predicted molar refractivity (Wildman–Crippen MR) is 62.4 cm³/mol. The molecule has 1 N–H and O–H groups in total. The molecule has 0 aliphatic carbocycles. The summed E-state index contributed by atoms with van der Waals surface area (Å²) in [6, 6.07) is 6.83. The zero-order valence-corrected chi connectivity index (χ0v) is 9.62. The second kappa shape index (κ2) is 4.42. The minimum Gasteiger partial charge on any atom is -0.508 e. The molecule has 1 fully saturated rings. The number of phenolic OH excluding ortho intramolecular Hbond substituents is 1. The predicted octanol–water partition coefficient (Wildman–Crippen LogP) is 2.37. The largest absolute Gasteiger partial charge is 0.508 e. The Labute approximate surface area is 95.7 Å². The summed E-state index contributed by atoms with van der Waals surface area (Å²) in [6.07, 6.45) is 2.00. The van der Waals surface area contributed by atoms with E-state index in [-0.39, 0.29) is 5.75 Å². The lowest BCUT2D eigenvalue weighted by molar-refractivity contribution is 0.0590. The van der Waals surface area contributed by atoms with Gasteiger partial charge in [0, 0.05) is 13.0 Å². The summed E-state index contributed by atoms with van der Waals surface area (Å²) in [5.41, 5.74) is -0.153. The molecule has 1 unspecified atom stereocenters. The van der Waals surface area contributed by atoms with E-state index in [0.29, 0.717) is 19.4 Å². The monoisotopic (exact) mass is 223 g/mol. The standard InChI is InChI=1S/C13H18FNO/c1-15-8-2-7-13(14,10-15)9-11-3-5-12(16)6-4-11/h3-6,16H,2,7-10H2,1H3. The minimum atomic E-state index is -1.11. The molecule has 2 nitrogen and oxygen atoms in total. The molecule has 1 heterocycles. The first-order valence-electron chi connectivity index (χ1n) is 5.73. The number of aromatic hydroxyl groups is 1. The van der Waals surface area contributed by atoms with Gasteiger partial charge in [0.1, 0.15) is 11.4 Å². The van der Waals surface area contributed by atoms with Crippen LogP contribution in [0.15, 0.2) is 24.3 Å². The third-order valence-corrected chi connectivity index (χ3v) is 3.18. The molecular weight excluding hydrogens is 205 g/mol. The van der Waals surface area contributed by atoms with Gasteiger partial charge in [-0.05, 0) is 44.1 Å². The Morgan fingerprint density at radius 1 is 1.38 bits per heavy atom. The van der Waals surface area contributed by atoms with Crippen molar-refractivity contribution in [1.29, 1.82) is 0 Å². The van der Waals surface area contributed by atoms with E-state index in [1.54, 1.807) is 24.3 Å². The molecule has 0 bridgehead atoms. The van der Waals surface area contributed by atoms with Crippen molar-refractivity contribution >= 4 is 0 Å². The topological polar surface area (TPSA) is 23.5 Å². The van der Waals surface area contributed by atoms with Gasteiger partial charge < -0.3 is 10.0 Å². The zero-order valence-electron chi connectivity index (χ0n) is 9.62. The summed E-state index contributed by atoms with van der Waals surface area (Å²) in [5.74, 6) is 0.234. The van der Waals surface area contributed by atoms with Gasteiger partial charge in [-0.15, -0.1) is 0 Å². The lowest BCUT2D eigenvalue weighted by atomic mass is 9.88. The number of benzene rings is 1. The first-order valence-corrected chi connectivity index (χ1v) is 5.73. The molecule has 0 radical (unpaired) electrons. The number of hydrogen-bond acceptors (Lipinski definition) is 2. The molecule has 1 atom stereocenters. The molecule has 1 aliphatic heterocycles. The molecular formula is C13H18FNO. The van der Waals surface area contributed by atoms with Gasteiger partial charge in [0.2, 0.25) is 0 Å². The van der Waals surface area contributed by atoms with Gasteiger partial charge in [0.25, 0.3) is 0 Å². The average Bonchev–Trinajstić information content (AvgIpc) is 2.21. The van der Waals surface area contributed by atoms with Gasteiger partial charge in [0.05, 0.1) is 0 Å². The number of piperidine rings is 1. The van der Waals surface area contributed by atoms with Crippen molar-refractivity contribution in [2.24, 2.45) is 0 Å². The SMILES string of the molecule is CN1CCCC(F)(Cc2ccc(O)cc2)C1. The molecule has 16 heavy (non-hydrogen) atoms. The Morgan fingerprint density at radius 3 is 2.69 bits per heavy atom. The van der Waals surface area contributed by atoms with Crippen molar-refractivity contribution in [3.8, 4) is 5.75 Å². The smallest absolute Gasteiger partial charge is 0.127 e. The molecule has 88 valence electrons. The van der Waals surface area contributed by atoms with Crippen LogP contribution in [0.2, 0.25) is 0 Å². The molecule has 3 heteroatoms. The highest BCUT2D eigenvalue weighted by Gasteiger charge is 2.34. The maximum atomic E-state index is 14.5. The van der Waals surface area contributed by atoms with Crippen LogP contribution in [-0.4, -0.2) is 35.8 Å². The number of alkyl halides is 1. The third-order valence-electron chi connectivity index (χ3n) is 3.18. The summed E-state index contributed by atoms with van der Waals surface area (Å²) in [5, 5.41) is 9.17. The number of likely N-dealkylation sites (tertiary alicyclic amines) is 1. The second-order valence-electron chi connectivity index (χ2n) is 4.84. The van der Waals surface area contributed by atoms with Crippen molar-refractivity contribution in [2.45, 2.75) is 24.9 Å². The normalized spacial score (nSPS) is 26.9. The highest BCUT2D eigenvalue weighted by atomic mass is 19.1. The van der Waals surface area contributed by atoms with Gasteiger partial charge in [-0.1, -0.05) is 12.1 Å². The zero-order chi connectivity index (χ0) is 11.6. The summed E-state index contributed by atoms with van der Waals surface area (Å²) in [6.45, 7) is 1.50. The highest BCUT2D eigenvalue weighted by molar-refractivity contribution is 5.27. The fraction of sp³-hybridized carbons (Fsp3) is 0.538. The Morgan fingerprint density at radius 2 is 2.06 bits per heavy atom. The fourth-order valence-electron chi connectivity index (χ4n) is 2.43. The number of halogens is 1. The number of nitrogens with zero attached hydrogens (tertiary/aromatic N) is 1. The van der Waals surface area contributed by atoms with E-state index in [2.05, 4.69) is 0 Å². The van der Waals surface area contributed by atoms with E-state index in [1.165, 1.54) is 0 Å². The molecule has 1 saturated heterocycles. The molecule has 0 amide bonds. The van der Waals surface area contributed by atoms with Crippen LogP contribution in [-0.2, 0) is 6.42 Å². The van der Waals surface area contributed by atoms with E-state index in [0.717, 1.165) is 18.5 Å². The van der Waals surface area contributed by atoms with Crippen LogP contribution in [0.1, 0.15) is 18.4 Å². The van der Waals surface area contributed by atoms with E-state index >= 15 is 0 Å². The molecule has 0 spiro atoms. The van der Waals surface area contributed by atoms with Gasteiger partial charge >= 0.3 is 0 Å². The lowest BCUT2D eigenvalue weighted by Gasteiger charge is -2.35. The van der Waals surface area contributed by atoms with E-state index < -0.39 is 5.67 Å². The number of phenols is 1. The van der Waals surface area contributed by atoms with Crippen LogP contribution in [0.4, 0.5) is 4.39 Å².